The Labute approximate surface area is 116 Å². The van der Waals surface area contributed by atoms with Gasteiger partial charge in [-0.05, 0) is 18.2 Å². The first kappa shape index (κ1) is 12.6. The van der Waals surface area contributed by atoms with Crippen molar-refractivity contribution < 1.29 is 0 Å². The molecule has 0 spiro atoms. The summed E-state index contributed by atoms with van der Waals surface area (Å²) in [6, 6.07) is 5.56. The van der Waals surface area contributed by atoms with Crippen LogP contribution in [0, 0.1) is 0 Å². The highest BCUT2D eigenvalue weighted by molar-refractivity contribution is 6.31. The summed E-state index contributed by atoms with van der Waals surface area (Å²) in [5.41, 5.74) is 8.29. The number of nitrogens with one attached hydrogen (secondary N) is 1. The first-order valence-electron chi connectivity index (χ1n) is 6.40. The predicted molar refractivity (Wildman–Crippen MR) is 77.5 cm³/mol. The van der Waals surface area contributed by atoms with Crippen LogP contribution in [0.4, 0.5) is 5.82 Å². The van der Waals surface area contributed by atoms with Crippen LogP contribution in [-0.2, 0) is 6.54 Å². The van der Waals surface area contributed by atoms with Crippen LogP contribution in [0.25, 0.3) is 11.0 Å². The Bertz CT molecular complexity index is 595. The molecule has 0 unspecified atom stereocenters. The van der Waals surface area contributed by atoms with E-state index in [1.54, 1.807) is 0 Å². The quantitative estimate of drug-likeness (QED) is 0.862. The van der Waals surface area contributed by atoms with E-state index in [1.165, 1.54) is 0 Å². The SMILES string of the molecule is NCc1nc2cc(Cl)ccc2nc1N1CCNCC1. The molecule has 0 aliphatic carbocycles. The van der Waals surface area contributed by atoms with Crippen LogP contribution in [0.5, 0.6) is 0 Å². The van der Waals surface area contributed by atoms with Gasteiger partial charge in [-0.1, -0.05) is 11.6 Å². The molecule has 1 aliphatic rings. The largest absolute Gasteiger partial charge is 0.352 e. The number of anilines is 1. The second kappa shape index (κ2) is 5.28. The van der Waals surface area contributed by atoms with Crippen LogP contribution in [0.2, 0.25) is 5.02 Å². The van der Waals surface area contributed by atoms with Gasteiger partial charge >= 0.3 is 0 Å². The van der Waals surface area contributed by atoms with Gasteiger partial charge in [0, 0.05) is 37.7 Å². The summed E-state index contributed by atoms with van der Waals surface area (Å²) in [6.45, 7) is 4.17. The zero-order valence-electron chi connectivity index (χ0n) is 10.6. The molecule has 5 nitrogen and oxygen atoms in total. The van der Waals surface area contributed by atoms with E-state index < -0.39 is 0 Å². The minimum Gasteiger partial charge on any atom is -0.352 e. The van der Waals surface area contributed by atoms with Gasteiger partial charge in [0.05, 0.1) is 16.7 Å². The number of aromatic nitrogens is 2. The highest BCUT2D eigenvalue weighted by Gasteiger charge is 2.17. The third-order valence-corrected chi connectivity index (χ3v) is 3.52. The van der Waals surface area contributed by atoms with Gasteiger partial charge in [0.25, 0.3) is 0 Å². The zero-order chi connectivity index (χ0) is 13.2. The molecule has 2 aromatic rings. The Kier molecular flexibility index (Phi) is 3.50. The maximum absolute atomic E-state index is 5.98. The summed E-state index contributed by atoms with van der Waals surface area (Å²) in [6.07, 6.45) is 0. The Morgan fingerprint density at radius 3 is 2.74 bits per heavy atom. The highest BCUT2D eigenvalue weighted by Crippen LogP contribution is 2.23. The zero-order valence-corrected chi connectivity index (χ0v) is 11.3. The molecule has 1 saturated heterocycles. The van der Waals surface area contributed by atoms with Crippen molar-refractivity contribution in [3.63, 3.8) is 0 Å². The molecule has 0 atom stereocenters. The lowest BCUT2D eigenvalue weighted by Crippen LogP contribution is -2.44. The molecule has 0 bridgehead atoms. The molecule has 1 fully saturated rings. The molecular weight excluding hydrogens is 262 g/mol. The fraction of sp³-hybridized carbons (Fsp3) is 0.385. The lowest BCUT2D eigenvalue weighted by molar-refractivity contribution is 0.582. The molecule has 2 heterocycles. The Morgan fingerprint density at radius 1 is 1.21 bits per heavy atom. The average Bonchev–Trinajstić information content (AvgIpc) is 2.46. The number of benzene rings is 1. The van der Waals surface area contributed by atoms with Gasteiger partial charge in [0.1, 0.15) is 0 Å². The summed E-state index contributed by atoms with van der Waals surface area (Å²) in [7, 11) is 0. The molecule has 0 radical (unpaired) electrons. The van der Waals surface area contributed by atoms with Crippen molar-refractivity contribution in [2.75, 3.05) is 31.1 Å². The van der Waals surface area contributed by atoms with Crippen molar-refractivity contribution in [1.82, 2.24) is 15.3 Å². The molecule has 100 valence electrons. The molecule has 1 aliphatic heterocycles. The number of halogens is 1. The van der Waals surface area contributed by atoms with Crippen LogP contribution < -0.4 is 16.0 Å². The normalized spacial score (nSPS) is 16.0. The molecule has 0 saturated carbocycles. The van der Waals surface area contributed by atoms with E-state index in [0.29, 0.717) is 11.6 Å². The standard InChI is InChI=1S/C13H16ClN5/c14-9-1-2-10-11(7-9)17-12(8-15)13(18-10)19-5-3-16-4-6-19/h1-2,7,16H,3-6,8,15H2. The van der Waals surface area contributed by atoms with Crippen molar-refractivity contribution >= 4 is 28.5 Å². The van der Waals surface area contributed by atoms with E-state index in [9.17, 15) is 0 Å². The van der Waals surface area contributed by atoms with Gasteiger partial charge < -0.3 is 16.0 Å². The molecule has 19 heavy (non-hydrogen) atoms. The first-order chi connectivity index (χ1) is 9.28. The van der Waals surface area contributed by atoms with Crippen molar-refractivity contribution in [1.29, 1.82) is 0 Å². The van der Waals surface area contributed by atoms with E-state index in [1.807, 2.05) is 18.2 Å². The minimum absolute atomic E-state index is 0.384. The first-order valence-corrected chi connectivity index (χ1v) is 6.77. The summed E-state index contributed by atoms with van der Waals surface area (Å²) >= 11 is 5.98. The van der Waals surface area contributed by atoms with Gasteiger partial charge in [-0.2, -0.15) is 0 Å². The number of hydrogen-bond acceptors (Lipinski definition) is 5. The molecular formula is C13H16ClN5. The average molecular weight is 278 g/mol. The van der Waals surface area contributed by atoms with Crippen LogP contribution in [0.1, 0.15) is 5.69 Å². The van der Waals surface area contributed by atoms with Gasteiger partial charge in [-0.3, -0.25) is 0 Å². The van der Waals surface area contributed by atoms with E-state index in [2.05, 4.69) is 15.2 Å². The second-order valence-corrected chi connectivity index (χ2v) is 5.00. The van der Waals surface area contributed by atoms with Crippen LogP contribution in [0.15, 0.2) is 18.2 Å². The lowest BCUT2D eigenvalue weighted by Gasteiger charge is -2.29. The predicted octanol–water partition coefficient (Wildman–Crippen LogP) is 1.15. The molecule has 0 amide bonds. The maximum Gasteiger partial charge on any atom is 0.152 e. The Morgan fingerprint density at radius 2 is 2.00 bits per heavy atom. The van der Waals surface area contributed by atoms with E-state index in [0.717, 1.165) is 48.7 Å². The smallest absolute Gasteiger partial charge is 0.152 e. The summed E-state index contributed by atoms with van der Waals surface area (Å²) in [4.78, 5) is 11.5. The van der Waals surface area contributed by atoms with Crippen molar-refractivity contribution in [3.05, 3.63) is 28.9 Å². The summed E-state index contributed by atoms with van der Waals surface area (Å²) in [5, 5.41) is 3.99. The number of fused-ring (bicyclic) bond motifs is 1. The van der Waals surface area contributed by atoms with Crippen molar-refractivity contribution in [2.24, 2.45) is 5.73 Å². The minimum atomic E-state index is 0.384. The molecule has 6 heteroatoms. The Balaban J connectivity index is 2.09. The number of piperazine rings is 1. The van der Waals surface area contributed by atoms with E-state index in [4.69, 9.17) is 22.3 Å². The number of nitrogens with two attached hydrogens (primary N) is 1. The molecule has 3 N–H and O–H groups in total. The number of rotatable bonds is 2. The monoisotopic (exact) mass is 277 g/mol. The topological polar surface area (TPSA) is 67.1 Å². The van der Waals surface area contributed by atoms with Crippen LogP contribution in [0.3, 0.4) is 0 Å². The van der Waals surface area contributed by atoms with E-state index >= 15 is 0 Å². The van der Waals surface area contributed by atoms with Crippen LogP contribution >= 0.6 is 11.6 Å². The van der Waals surface area contributed by atoms with Gasteiger partial charge in [-0.25, -0.2) is 9.97 Å². The second-order valence-electron chi connectivity index (χ2n) is 4.57. The molecule has 3 rings (SSSR count). The van der Waals surface area contributed by atoms with Crippen molar-refractivity contribution in [3.8, 4) is 0 Å². The van der Waals surface area contributed by atoms with Crippen molar-refractivity contribution in [2.45, 2.75) is 6.54 Å². The van der Waals surface area contributed by atoms with Gasteiger partial charge in [0.15, 0.2) is 5.82 Å². The Hall–Kier alpha value is -1.43. The third-order valence-electron chi connectivity index (χ3n) is 3.29. The lowest BCUT2D eigenvalue weighted by atomic mass is 10.2. The molecule has 1 aromatic heterocycles. The van der Waals surface area contributed by atoms with Gasteiger partial charge in [-0.15, -0.1) is 0 Å². The van der Waals surface area contributed by atoms with Gasteiger partial charge in [0.2, 0.25) is 0 Å². The summed E-state index contributed by atoms with van der Waals surface area (Å²) in [5.74, 6) is 0.902. The number of hydrogen-bond donors (Lipinski definition) is 2. The third kappa shape index (κ3) is 2.49. The fourth-order valence-corrected chi connectivity index (χ4v) is 2.49. The fourth-order valence-electron chi connectivity index (χ4n) is 2.32. The maximum atomic E-state index is 5.98. The molecule has 1 aromatic carbocycles. The number of nitrogens with zero attached hydrogens (tertiary/aromatic N) is 3. The summed E-state index contributed by atoms with van der Waals surface area (Å²) < 4.78 is 0. The highest BCUT2D eigenvalue weighted by atomic mass is 35.5. The van der Waals surface area contributed by atoms with E-state index in [-0.39, 0.29) is 0 Å². The van der Waals surface area contributed by atoms with Crippen LogP contribution in [-0.4, -0.2) is 36.1 Å².